The molecule has 1 N–H and O–H groups in total. The molecule has 2 atom stereocenters. The topological polar surface area (TPSA) is 105 Å². The van der Waals surface area contributed by atoms with Gasteiger partial charge < -0.3 is 19.7 Å². The van der Waals surface area contributed by atoms with Gasteiger partial charge in [0.25, 0.3) is 0 Å². The Morgan fingerprint density at radius 1 is 0.929 bits per heavy atom. The molecule has 0 fully saturated rings. The smallest absolute Gasteiger partial charge is 0.244 e. The van der Waals surface area contributed by atoms with Gasteiger partial charge in [-0.2, -0.15) is 0 Å². The number of halogens is 1. The van der Waals surface area contributed by atoms with Crippen LogP contribution in [-0.2, 0) is 32.6 Å². The number of anilines is 1. The summed E-state index contributed by atoms with van der Waals surface area (Å²) in [6, 6.07) is 20.5. The maximum atomic E-state index is 14.2. The summed E-state index contributed by atoms with van der Waals surface area (Å²) in [5.41, 5.74) is 1.89. The number of amides is 2. The lowest BCUT2D eigenvalue weighted by molar-refractivity contribution is -0.140. The number of methoxy groups -OCH3 is 2. The highest BCUT2D eigenvalue weighted by Crippen LogP contribution is 2.32. The Labute approximate surface area is 257 Å². The molecule has 0 aliphatic heterocycles. The van der Waals surface area contributed by atoms with Gasteiger partial charge in [0.2, 0.25) is 21.8 Å². The quantitative estimate of drug-likeness (QED) is 0.267. The summed E-state index contributed by atoms with van der Waals surface area (Å²) in [6.07, 6.45) is 2.00. The molecule has 3 rings (SSSR count). The predicted molar refractivity (Wildman–Crippen MR) is 168 cm³/mol. The van der Waals surface area contributed by atoms with Crippen molar-refractivity contribution >= 4 is 43.5 Å². The normalized spacial score (nSPS) is 12.6. The first-order chi connectivity index (χ1) is 20.0. The van der Waals surface area contributed by atoms with Crippen LogP contribution in [0.15, 0.2) is 77.3 Å². The summed E-state index contributed by atoms with van der Waals surface area (Å²) in [5.74, 6) is -0.103. The SMILES string of the molecule is CC[C@H](C)NC(=O)[C@H](Cc1ccccc1)N(Cc1ccc(Br)cc1)C(=O)CN(c1ccc(OC)c(OC)c1)S(C)(=O)=O. The third-order valence-corrected chi connectivity index (χ3v) is 8.54. The molecule has 0 spiro atoms. The number of hydrogen-bond acceptors (Lipinski definition) is 6. The maximum absolute atomic E-state index is 14.2. The highest BCUT2D eigenvalue weighted by Gasteiger charge is 2.33. The van der Waals surface area contributed by atoms with Crippen LogP contribution in [0.2, 0.25) is 0 Å². The number of carbonyl (C=O) groups is 2. The van der Waals surface area contributed by atoms with Crippen molar-refractivity contribution in [3.05, 3.63) is 88.4 Å². The molecule has 0 aromatic heterocycles. The van der Waals surface area contributed by atoms with Gasteiger partial charge in [-0.3, -0.25) is 13.9 Å². The van der Waals surface area contributed by atoms with Crippen molar-refractivity contribution in [2.75, 3.05) is 31.3 Å². The van der Waals surface area contributed by atoms with Crippen LogP contribution >= 0.6 is 15.9 Å². The van der Waals surface area contributed by atoms with E-state index in [0.717, 1.165) is 26.2 Å². The molecule has 3 aromatic rings. The van der Waals surface area contributed by atoms with E-state index in [4.69, 9.17) is 9.47 Å². The summed E-state index contributed by atoms with van der Waals surface area (Å²) >= 11 is 3.44. The molecule has 0 bridgehead atoms. The largest absolute Gasteiger partial charge is 0.493 e. The van der Waals surface area contributed by atoms with Crippen molar-refractivity contribution in [2.24, 2.45) is 0 Å². The Hall–Kier alpha value is -3.57. The zero-order valence-corrected chi connectivity index (χ0v) is 26.9. The van der Waals surface area contributed by atoms with Gasteiger partial charge in [-0.1, -0.05) is 65.3 Å². The van der Waals surface area contributed by atoms with Crippen molar-refractivity contribution < 1.29 is 27.5 Å². The number of benzene rings is 3. The standard InChI is InChI=1S/C31H38BrN3O6S/c1-6-22(2)33-31(37)27(18-23-10-8-7-9-11-23)34(20-24-12-14-25(32)15-13-24)30(36)21-35(42(5,38)39)26-16-17-28(40-3)29(19-26)41-4/h7-17,19,22,27H,6,18,20-21H2,1-5H3,(H,33,37)/t22-,27-/m0/s1. The number of rotatable bonds is 14. The van der Waals surface area contributed by atoms with E-state index in [-0.39, 0.29) is 30.6 Å². The fraction of sp³-hybridized carbons (Fsp3) is 0.355. The second-order valence-corrected chi connectivity index (χ2v) is 12.8. The summed E-state index contributed by atoms with van der Waals surface area (Å²) in [5, 5.41) is 3.02. The van der Waals surface area contributed by atoms with Gasteiger partial charge in [-0.15, -0.1) is 0 Å². The first kappa shape index (κ1) is 32.9. The number of ether oxygens (including phenoxy) is 2. The lowest BCUT2D eigenvalue weighted by Gasteiger charge is -2.34. The first-order valence-corrected chi connectivity index (χ1v) is 16.2. The Kier molecular flexibility index (Phi) is 11.8. The molecule has 0 aliphatic carbocycles. The second-order valence-electron chi connectivity index (χ2n) is 9.98. The molecule has 0 heterocycles. The molecule has 42 heavy (non-hydrogen) atoms. The molecule has 0 saturated carbocycles. The van der Waals surface area contributed by atoms with E-state index in [9.17, 15) is 18.0 Å². The first-order valence-electron chi connectivity index (χ1n) is 13.5. The molecule has 2 amide bonds. The minimum absolute atomic E-state index is 0.0983. The lowest BCUT2D eigenvalue weighted by Crippen LogP contribution is -2.54. The van der Waals surface area contributed by atoms with Crippen LogP contribution in [0, 0.1) is 0 Å². The lowest BCUT2D eigenvalue weighted by atomic mass is 10.0. The van der Waals surface area contributed by atoms with E-state index in [1.807, 2.05) is 68.4 Å². The number of hydrogen-bond donors (Lipinski definition) is 1. The minimum Gasteiger partial charge on any atom is -0.493 e. The summed E-state index contributed by atoms with van der Waals surface area (Å²) in [4.78, 5) is 29.4. The fourth-order valence-electron chi connectivity index (χ4n) is 4.38. The van der Waals surface area contributed by atoms with Gasteiger partial charge in [0.1, 0.15) is 12.6 Å². The van der Waals surface area contributed by atoms with Gasteiger partial charge in [0.05, 0.1) is 26.2 Å². The fourth-order valence-corrected chi connectivity index (χ4v) is 5.48. The van der Waals surface area contributed by atoms with Crippen molar-refractivity contribution in [1.29, 1.82) is 0 Å². The van der Waals surface area contributed by atoms with E-state index in [1.54, 1.807) is 12.1 Å². The van der Waals surface area contributed by atoms with Crippen molar-refractivity contribution in [1.82, 2.24) is 10.2 Å². The molecule has 226 valence electrons. The van der Waals surface area contributed by atoms with Crippen LogP contribution in [0.4, 0.5) is 5.69 Å². The second kappa shape index (κ2) is 15.1. The van der Waals surface area contributed by atoms with Crippen LogP contribution < -0.4 is 19.1 Å². The summed E-state index contributed by atoms with van der Waals surface area (Å²) in [6.45, 7) is 3.45. The van der Waals surface area contributed by atoms with Gasteiger partial charge in [0.15, 0.2) is 11.5 Å². The average molecular weight is 661 g/mol. The molecular weight excluding hydrogens is 622 g/mol. The van der Waals surface area contributed by atoms with Gasteiger partial charge in [-0.05, 0) is 48.7 Å². The minimum atomic E-state index is -3.91. The molecule has 3 aromatic carbocycles. The van der Waals surface area contributed by atoms with E-state index < -0.39 is 28.5 Å². The number of sulfonamides is 1. The zero-order valence-electron chi connectivity index (χ0n) is 24.5. The highest BCUT2D eigenvalue weighted by atomic mass is 79.9. The van der Waals surface area contributed by atoms with Gasteiger partial charge in [0, 0.05) is 29.5 Å². The summed E-state index contributed by atoms with van der Waals surface area (Å²) in [7, 11) is -0.990. The van der Waals surface area contributed by atoms with Crippen LogP contribution in [0.5, 0.6) is 11.5 Å². The van der Waals surface area contributed by atoms with E-state index >= 15 is 0 Å². The monoisotopic (exact) mass is 659 g/mol. The zero-order chi connectivity index (χ0) is 30.9. The van der Waals surface area contributed by atoms with E-state index in [1.165, 1.54) is 25.2 Å². The maximum Gasteiger partial charge on any atom is 0.244 e. The molecule has 0 aliphatic rings. The molecule has 11 heteroatoms. The molecule has 0 radical (unpaired) electrons. The number of nitrogens with zero attached hydrogens (tertiary/aromatic N) is 2. The predicted octanol–water partition coefficient (Wildman–Crippen LogP) is 4.79. The van der Waals surface area contributed by atoms with Crippen molar-refractivity contribution in [2.45, 2.75) is 45.3 Å². The van der Waals surface area contributed by atoms with Crippen molar-refractivity contribution in [3.8, 4) is 11.5 Å². The van der Waals surface area contributed by atoms with Crippen LogP contribution in [0.1, 0.15) is 31.4 Å². The van der Waals surface area contributed by atoms with Crippen LogP contribution in [0.25, 0.3) is 0 Å². The summed E-state index contributed by atoms with van der Waals surface area (Å²) < 4.78 is 38.6. The molecular formula is C31H38BrN3O6S. The Balaban J connectivity index is 2.07. The molecule has 0 unspecified atom stereocenters. The third kappa shape index (κ3) is 8.96. The van der Waals surface area contributed by atoms with Crippen molar-refractivity contribution in [3.63, 3.8) is 0 Å². The number of nitrogens with one attached hydrogen (secondary N) is 1. The Morgan fingerprint density at radius 3 is 2.14 bits per heavy atom. The van der Waals surface area contributed by atoms with E-state index in [0.29, 0.717) is 17.9 Å². The van der Waals surface area contributed by atoms with E-state index in [2.05, 4.69) is 21.2 Å². The Morgan fingerprint density at radius 2 is 1.57 bits per heavy atom. The van der Waals surface area contributed by atoms with Crippen LogP contribution in [-0.4, -0.2) is 64.2 Å². The van der Waals surface area contributed by atoms with Crippen LogP contribution in [0.3, 0.4) is 0 Å². The molecule has 0 saturated heterocycles. The highest BCUT2D eigenvalue weighted by molar-refractivity contribution is 9.10. The molecule has 9 nitrogen and oxygen atoms in total. The Bertz CT molecular complexity index is 1450. The third-order valence-electron chi connectivity index (χ3n) is 6.87. The number of carbonyl (C=O) groups excluding carboxylic acids is 2. The van der Waals surface area contributed by atoms with Gasteiger partial charge in [-0.25, -0.2) is 8.42 Å². The average Bonchev–Trinajstić information content (AvgIpc) is 2.97. The van der Waals surface area contributed by atoms with Gasteiger partial charge >= 0.3 is 0 Å².